The average Bonchev–Trinajstić information content (AvgIpc) is 3.39. The molecule has 0 bridgehead atoms. The largest absolute Gasteiger partial charge is 0.463 e. The zero-order valence-corrected chi connectivity index (χ0v) is 30.8. The van der Waals surface area contributed by atoms with Gasteiger partial charge in [0, 0.05) is 20.3 Å². The Morgan fingerprint density at radius 3 is 2.29 bits per heavy atom. The molecule has 0 aromatic heterocycles. The summed E-state index contributed by atoms with van der Waals surface area (Å²) in [6.45, 7) is 23.1. The van der Waals surface area contributed by atoms with Gasteiger partial charge in [-0.2, -0.15) is 0 Å². The molecule has 48 heavy (non-hydrogen) atoms. The molecule has 266 valence electrons. The van der Waals surface area contributed by atoms with Gasteiger partial charge < -0.3 is 23.7 Å². The van der Waals surface area contributed by atoms with E-state index in [9.17, 15) is 4.79 Å². The van der Waals surface area contributed by atoms with Crippen molar-refractivity contribution in [1.29, 1.82) is 0 Å². The second kappa shape index (κ2) is 15.3. The van der Waals surface area contributed by atoms with Crippen LogP contribution in [-0.4, -0.2) is 24.7 Å². The van der Waals surface area contributed by atoms with Crippen molar-refractivity contribution in [2.24, 2.45) is 46.3 Å². The van der Waals surface area contributed by atoms with Crippen LogP contribution in [0.2, 0.25) is 0 Å². The maximum atomic E-state index is 13.5. The minimum Gasteiger partial charge on any atom is -0.463 e. The number of allylic oxidation sites excluding steroid dienone is 1. The third-order valence-corrected chi connectivity index (χ3v) is 12.9. The maximum absolute atomic E-state index is 13.5. The number of rotatable bonds is 15. The van der Waals surface area contributed by atoms with Crippen LogP contribution in [-0.2, 0) is 14.2 Å². The van der Waals surface area contributed by atoms with Gasteiger partial charge in [0.25, 0.3) is 0 Å². The van der Waals surface area contributed by atoms with Crippen molar-refractivity contribution >= 4 is 5.97 Å². The fraction of sp³-hybridized carbons (Fsp3) is 0.690. The Morgan fingerprint density at radius 1 is 0.896 bits per heavy atom. The van der Waals surface area contributed by atoms with Crippen LogP contribution in [0.3, 0.4) is 0 Å². The highest BCUT2D eigenvalue weighted by molar-refractivity contribution is 5.90. The molecule has 6 nitrogen and oxygen atoms in total. The van der Waals surface area contributed by atoms with Crippen LogP contribution in [0.5, 0.6) is 11.5 Å². The van der Waals surface area contributed by atoms with Gasteiger partial charge in [0.2, 0.25) is 12.6 Å². The normalized spacial score (nSPS) is 32.8. The van der Waals surface area contributed by atoms with E-state index in [4.69, 9.17) is 23.7 Å². The molecular formula is C42H62O6. The van der Waals surface area contributed by atoms with E-state index in [-0.39, 0.29) is 17.5 Å². The van der Waals surface area contributed by atoms with Crippen molar-refractivity contribution in [3.05, 3.63) is 61.1 Å². The molecule has 3 fully saturated rings. The summed E-state index contributed by atoms with van der Waals surface area (Å²) in [5.74, 6) is 5.31. The summed E-state index contributed by atoms with van der Waals surface area (Å²) in [7, 11) is 0. The van der Waals surface area contributed by atoms with E-state index in [1.807, 2.05) is 0 Å². The van der Waals surface area contributed by atoms with Crippen molar-refractivity contribution in [3.63, 3.8) is 0 Å². The molecule has 4 aliphatic rings. The lowest BCUT2D eigenvalue weighted by atomic mass is 9.47. The fourth-order valence-corrected chi connectivity index (χ4v) is 10.5. The predicted octanol–water partition coefficient (Wildman–Crippen LogP) is 11.0. The third-order valence-electron chi connectivity index (χ3n) is 12.9. The molecule has 10 atom stereocenters. The Balaban J connectivity index is 1.24. The zero-order chi connectivity index (χ0) is 34.6. The SMILES string of the molecule is C=COC(C)Oc1ccc(C(=O)OC2CC[C@@]3(C)C(=CCC4C3CC[C@@]3(C)C4CC[C@@H]3[C@H](C)CCCC(C)C)C2)cc1OC(C)OC=C. The van der Waals surface area contributed by atoms with Crippen molar-refractivity contribution in [1.82, 2.24) is 0 Å². The number of ether oxygens (including phenoxy) is 5. The summed E-state index contributed by atoms with van der Waals surface area (Å²) >= 11 is 0. The molecule has 1 aromatic rings. The number of benzene rings is 1. The van der Waals surface area contributed by atoms with E-state index in [1.165, 1.54) is 69.5 Å². The van der Waals surface area contributed by atoms with Crippen molar-refractivity contribution in [3.8, 4) is 11.5 Å². The van der Waals surface area contributed by atoms with Crippen LogP contribution in [0.1, 0.15) is 129 Å². The third kappa shape index (κ3) is 7.63. The van der Waals surface area contributed by atoms with Crippen molar-refractivity contribution < 1.29 is 28.5 Å². The van der Waals surface area contributed by atoms with Gasteiger partial charge >= 0.3 is 5.97 Å². The monoisotopic (exact) mass is 662 g/mol. The molecule has 5 rings (SSSR count). The quantitative estimate of drug-likeness (QED) is 0.0806. The molecule has 0 spiro atoms. The van der Waals surface area contributed by atoms with Gasteiger partial charge in [-0.15, -0.1) is 0 Å². The van der Waals surface area contributed by atoms with Crippen LogP contribution in [0.4, 0.5) is 0 Å². The fourth-order valence-electron chi connectivity index (χ4n) is 10.5. The van der Waals surface area contributed by atoms with Gasteiger partial charge in [-0.3, -0.25) is 0 Å². The number of fused-ring (bicyclic) bond motifs is 5. The molecule has 0 amide bonds. The molecular weight excluding hydrogens is 600 g/mol. The molecule has 4 aliphatic carbocycles. The van der Waals surface area contributed by atoms with Gasteiger partial charge in [0.15, 0.2) is 11.5 Å². The highest BCUT2D eigenvalue weighted by Crippen LogP contribution is 2.67. The lowest BCUT2D eigenvalue weighted by molar-refractivity contribution is -0.0594. The van der Waals surface area contributed by atoms with Gasteiger partial charge in [-0.25, -0.2) is 4.79 Å². The van der Waals surface area contributed by atoms with Crippen LogP contribution in [0.15, 0.2) is 55.5 Å². The number of hydrogen-bond donors (Lipinski definition) is 0. The topological polar surface area (TPSA) is 63.2 Å². The van der Waals surface area contributed by atoms with E-state index in [2.05, 4.69) is 53.9 Å². The Morgan fingerprint density at radius 2 is 1.60 bits per heavy atom. The van der Waals surface area contributed by atoms with E-state index in [0.29, 0.717) is 22.5 Å². The summed E-state index contributed by atoms with van der Waals surface area (Å²) in [6, 6.07) is 5.06. The molecule has 0 saturated heterocycles. The molecule has 1 aromatic carbocycles. The highest BCUT2D eigenvalue weighted by atomic mass is 16.7. The molecule has 6 heteroatoms. The molecule has 6 unspecified atom stereocenters. The van der Waals surface area contributed by atoms with Crippen LogP contribution in [0.25, 0.3) is 0 Å². The summed E-state index contributed by atoms with van der Waals surface area (Å²) in [5.41, 5.74) is 2.63. The number of hydrogen-bond acceptors (Lipinski definition) is 6. The second-order valence-corrected chi connectivity index (χ2v) is 16.2. The second-order valence-electron chi connectivity index (χ2n) is 16.2. The molecule has 0 N–H and O–H groups in total. The summed E-state index contributed by atoms with van der Waals surface area (Å²) < 4.78 is 28.7. The van der Waals surface area contributed by atoms with Crippen molar-refractivity contribution in [2.45, 2.75) is 138 Å². The number of carbonyl (C=O) groups is 1. The molecule has 0 aliphatic heterocycles. The minimum absolute atomic E-state index is 0.130. The summed E-state index contributed by atoms with van der Waals surface area (Å²) in [5, 5.41) is 0. The first-order valence-corrected chi connectivity index (χ1v) is 18.8. The van der Waals surface area contributed by atoms with E-state index in [1.54, 1.807) is 32.0 Å². The Bertz CT molecular complexity index is 1320. The first kappa shape index (κ1) is 36.4. The van der Waals surface area contributed by atoms with Gasteiger partial charge in [0.05, 0.1) is 18.1 Å². The van der Waals surface area contributed by atoms with Crippen molar-refractivity contribution in [2.75, 3.05) is 0 Å². The van der Waals surface area contributed by atoms with Gasteiger partial charge in [0.1, 0.15) is 6.10 Å². The van der Waals surface area contributed by atoms with Crippen LogP contribution in [0, 0.1) is 46.3 Å². The average molecular weight is 663 g/mol. The Kier molecular flexibility index (Phi) is 11.6. The number of carbonyl (C=O) groups excluding carboxylic acids is 1. The number of esters is 1. The molecule has 0 heterocycles. The van der Waals surface area contributed by atoms with E-state index in [0.717, 1.165) is 54.8 Å². The smallest absolute Gasteiger partial charge is 0.338 e. The van der Waals surface area contributed by atoms with Gasteiger partial charge in [-0.1, -0.05) is 78.7 Å². The molecule has 0 radical (unpaired) electrons. The zero-order valence-electron chi connectivity index (χ0n) is 30.8. The van der Waals surface area contributed by atoms with E-state index >= 15 is 0 Å². The first-order chi connectivity index (χ1) is 22.9. The lowest BCUT2D eigenvalue weighted by Crippen LogP contribution is -2.51. The Labute approximate surface area is 290 Å². The standard InChI is InChI=1S/C42H62O6/c1-10-44-29(6)46-38-20-15-31(25-39(38)47-30(7)45-11-2)40(43)48-33-21-23-41(8)32(26-33)16-17-34-36-19-18-35(28(5)14-12-13-27(3)4)42(36,9)24-22-37(34)41/h10-11,15-16,20,25,27-30,33-37H,1-2,12-14,17-19,21-24,26H2,3-9H3/t28-,29?,30?,33?,34?,35-,36?,37?,41+,42-/m1/s1. The maximum Gasteiger partial charge on any atom is 0.338 e. The Hall–Kier alpha value is -2.89. The molecule has 3 saturated carbocycles. The highest BCUT2D eigenvalue weighted by Gasteiger charge is 2.59. The van der Waals surface area contributed by atoms with Crippen LogP contribution >= 0.6 is 0 Å². The summed E-state index contributed by atoms with van der Waals surface area (Å²) in [4.78, 5) is 13.5. The lowest BCUT2D eigenvalue weighted by Gasteiger charge is -2.58. The van der Waals surface area contributed by atoms with Crippen LogP contribution < -0.4 is 9.47 Å². The first-order valence-electron chi connectivity index (χ1n) is 18.8. The predicted molar refractivity (Wildman–Crippen MR) is 191 cm³/mol. The van der Waals surface area contributed by atoms with Gasteiger partial charge in [-0.05, 0) is 109 Å². The summed E-state index contributed by atoms with van der Waals surface area (Å²) in [6.07, 6.45) is 17.5. The van der Waals surface area contributed by atoms with E-state index < -0.39 is 12.6 Å². The minimum atomic E-state index is -0.629.